The Labute approximate surface area is 84.2 Å². The number of anilines is 1. The number of rotatable bonds is 2. The van der Waals surface area contributed by atoms with Crippen LogP contribution in [0.1, 0.15) is 12.5 Å². The minimum absolute atomic E-state index is 0.300. The number of nitrogens with two attached hydrogens (primary N) is 2. The van der Waals surface area contributed by atoms with Gasteiger partial charge in [-0.25, -0.2) is 0 Å². The molecule has 4 nitrogen and oxygen atoms in total. The molecule has 0 saturated heterocycles. The second kappa shape index (κ2) is 4.50. The van der Waals surface area contributed by atoms with Crippen molar-refractivity contribution in [3.05, 3.63) is 29.8 Å². The summed E-state index contributed by atoms with van der Waals surface area (Å²) in [5.41, 5.74) is 7.85. The molecule has 0 aromatic heterocycles. The highest BCUT2D eigenvalue weighted by atomic mass is 15.3. The smallest absolute Gasteiger partial charge is 0.217 e. The zero-order valence-corrected chi connectivity index (χ0v) is 8.57. The van der Waals surface area contributed by atoms with Gasteiger partial charge in [0.1, 0.15) is 0 Å². The number of hydrogen-bond donors (Lipinski definition) is 2. The summed E-state index contributed by atoms with van der Waals surface area (Å²) in [7, 11) is 1.83. The highest BCUT2D eigenvalue weighted by Gasteiger charge is 2.03. The quantitative estimate of drug-likeness (QED) is 0.316. The summed E-state index contributed by atoms with van der Waals surface area (Å²) >= 11 is 0. The Morgan fingerprint density at radius 1 is 1.36 bits per heavy atom. The van der Waals surface area contributed by atoms with Gasteiger partial charge in [0, 0.05) is 12.7 Å². The van der Waals surface area contributed by atoms with E-state index in [0.29, 0.717) is 5.96 Å². The van der Waals surface area contributed by atoms with Crippen LogP contribution in [0.5, 0.6) is 0 Å². The lowest BCUT2D eigenvalue weighted by Crippen LogP contribution is -2.34. The molecule has 0 fully saturated rings. The van der Waals surface area contributed by atoms with Crippen molar-refractivity contribution in [3.8, 4) is 0 Å². The van der Waals surface area contributed by atoms with Crippen LogP contribution in [0.2, 0.25) is 0 Å². The van der Waals surface area contributed by atoms with Crippen LogP contribution >= 0.6 is 0 Å². The Bertz CT molecular complexity index is 315. The first-order valence-corrected chi connectivity index (χ1v) is 4.55. The van der Waals surface area contributed by atoms with Gasteiger partial charge >= 0.3 is 0 Å². The third-order valence-corrected chi connectivity index (χ3v) is 2.21. The molecule has 4 N–H and O–H groups in total. The van der Waals surface area contributed by atoms with Gasteiger partial charge in [0.05, 0.1) is 0 Å². The zero-order chi connectivity index (χ0) is 10.6. The molecule has 1 rings (SSSR count). The minimum atomic E-state index is 0.300. The third kappa shape index (κ3) is 2.16. The van der Waals surface area contributed by atoms with Crippen molar-refractivity contribution in [2.45, 2.75) is 13.3 Å². The molecule has 0 amide bonds. The van der Waals surface area contributed by atoms with Crippen molar-refractivity contribution in [1.82, 2.24) is 0 Å². The van der Waals surface area contributed by atoms with Crippen molar-refractivity contribution in [2.24, 2.45) is 16.7 Å². The summed E-state index contributed by atoms with van der Waals surface area (Å²) in [5.74, 6) is 5.39. The van der Waals surface area contributed by atoms with E-state index in [0.717, 1.165) is 12.1 Å². The summed E-state index contributed by atoms with van der Waals surface area (Å²) in [6.45, 7) is 2.12. The van der Waals surface area contributed by atoms with Crippen LogP contribution in [0, 0.1) is 0 Å². The molecule has 0 bridgehead atoms. The van der Waals surface area contributed by atoms with Crippen LogP contribution in [-0.4, -0.2) is 13.0 Å². The lowest BCUT2D eigenvalue weighted by molar-refractivity contribution is 1.12. The van der Waals surface area contributed by atoms with Crippen molar-refractivity contribution >= 4 is 11.6 Å². The standard InChI is InChI=1S/C10H16N4/c1-3-8-4-6-9(7-5-8)14(2)10(11)13-12/h4-7H,3,12H2,1-2H3,(H2,11,13). The van der Waals surface area contributed by atoms with Crippen LogP contribution in [0.3, 0.4) is 0 Å². The van der Waals surface area contributed by atoms with Gasteiger partial charge in [-0.1, -0.05) is 19.1 Å². The highest BCUT2D eigenvalue weighted by molar-refractivity contribution is 5.93. The van der Waals surface area contributed by atoms with Gasteiger partial charge in [0.2, 0.25) is 5.96 Å². The largest absolute Gasteiger partial charge is 0.368 e. The number of guanidine groups is 1. The van der Waals surface area contributed by atoms with Crippen molar-refractivity contribution in [2.75, 3.05) is 11.9 Å². The minimum Gasteiger partial charge on any atom is -0.368 e. The first-order chi connectivity index (χ1) is 6.69. The zero-order valence-electron chi connectivity index (χ0n) is 8.57. The summed E-state index contributed by atoms with van der Waals surface area (Å²) in [4.78, 5) is 1.74. The second-order valence-electron chi connectivity index (χ2n) is 3.07. The predicted molar refractivity (Wildman–Crippen MR) is 60.0 cm³/mol. The molecule has 76 valence electrons. The molecule has 0 saturated carbocycles. The molecule has 1 aromatic rings. The highest BCUT2D eigenvalue weighted by Crippen LogP contribution is 2.13. The van der Waals surface area contributed by atoms with Gasteiger partial charge in [-0.15, -0.1) is 5.10 Å². The van der Waals surface area contributed by atoms with E-state index in [4.69, 9.17) is 11.6 Å². The van der Waals surface area contributed by atoms with Crippen LogP contribution in [0.25, 0.3) is 0 Å². The van der Waals surface area contributed by atoms with Crippen LogP contribution in [0.15, 0.2) is 29.4 Å². The molecule has 0 atom stereocenters. The van der Waals surface area contributed by atoms with E-state index in [1.54, 1.807) is 4.90 Å². The Kier molecular flexibility index (Phi) is 3.34. The Balaban J connectivity index is 2.86. The lowest BCUT2D eigenvalue weighted by Gasteiger charge is -2.17. The Hall–Kier alpha value is -1.71. The van der Waals surface area contributed by atoms with E-state index in [1.807, 2.05) is 19.2 Å². The molecule has 0 unspecified atom stereocenters. The lowest BCUT2D eigenvalue weighted by atomic mass is 10.1. The van der Waals surface area contributed by atoms with Crippen molar-refractivity contribution in [3.63, 3.8) is 0 Å². The summed E-state index contributed by atoms with van der Waals surface area (Å²) in [5, 5.41) is 3.43. The number of benzene rings is 1. The number of nitrogens with zero attached hydrogens (tertiary/aromatic N) is 2. The SMILES string of the molecule is CCc1ccc(N(C)C(N)=NN)cc1. The third-order valence-electron chi connectivity index (χ3n) is 2.21. The molecule has 14 heavy (non-hydrogen) atoms. The normalized spacial score (nSPS) is 11.4. The summed E-state index contributed by atoms with van der Waals surface area (Å²) in [6, 6.07) is 8.12. The predicted octanol–water partition coefficient (Wildman–Crippen LogP) is 0.874. The van der Waals surface area contributed by atoms with Gasteiger partial charge < -0.3 is 16.5 Å². The summed E-state index contributed by atoms with van der Waals surface area (Å²) < 4.78 is 0. The van der Waals surface area contributed by atoms with Crippen LogP contribution in [-0.2, 0) is 6.42 Å². The fourth-order valence-electron chi connectivity index (χ4n) is 1.17. The van der Waals surface area contributed by atoms with E-state index >= 15 is 0 Å². The van der Waals surface area contributed by atoms with E-state index in [9.17, 15) is 0 Å². The number of aryl methyl sites for hydroxylation is 1. The average molecular weight is 192 g/mol. The fraction of sp³-hybridized carbons (Fsp3) is 0.300. The van der Waals surface area contributed by atoms with Crippen LogP contribution < -0.4 is 16.5 Å². The van der Waals surface area contributed by atoms with Gasteiger partial charge in [-0.05, 0) is 24.1 Å². The maximum atomic E-state index is 5.57. The van der Waals surface area contributed by atoms with Crippen molar-refractivity contribution < 1.29 is 0 Å². The van der Waals surface area contributed by atoms with Crippen molar-refractivity contribution in [1.29, 1.82) is 0 Å². The molecule has 0 radical (unpaired) electrons. The Morgan fingerprint density at radius 3 is 2.36 bits per heavy atom. The first-order valence-electron chi connectivity index (χ1n) is 4.55. The van der Waals surface area contributed by atoms with Gasteiger partial charge in [-0.2, -0.15) is 0 Å². The van der Waals surface area contributed by atoms with Crippen LogP contribution in [0.4, 0.5) is 5.69 Å². The van der Waals surface area contributed by atoms with Gasteiger partial charge in [-0.3, -0.25) is 0 Å². The molecule has 0 aliphatic heterocycles. The molecule has 4 heteroatoms. The first kappa shape index (κ1) is 10.4. The molecule has 0 spiro atoms. The molecule has 0 heterocycles. The topological polar surface area (TPSA) is 67.6 Å². The van der Waals surface area contributed by atoms with E-state index < -0.39 is 0 Å². The summed E-state index contributed by atoms with van der Waals surface area (Å²) in [6.07, 6.45) is 1.03. The molecular formula is C10H16N4. The van der Waals surface area contributed by atoms with E-state index in [2.05, 4.69) is 24.2 Å². The Morgan fingerprint density at radius 2 is 1.93 bits per heavy atom. The number of hydrogen-bond acceptors (Lipinski definition) is 2. The maximum Gasteiger partial charge on any atom is 0.217 e. The second-order valence-corrected chi connectivity index (χ2v) is 3.07. The maximum absolute atomic E-state index is 5.57. The molecular weight excluding hydrogens is 176 g/mol. The van der Waals surface area contributed by atoms with E-state index in [1.165, 1.54) is 5.56 Å². The van der Waals surface area contributed by atoms with E-state index in [-0.39, 0.29) is 0 Å². The molecule has 1 aromatic carbocycles. The average Bonchev–Trinajstić information content (AvgIpc) is 2.27. The molecule has 0 aliphatic carbocycles. The number of hydrazone groups is 1. The van der Waals surface area contributed by atoms with Gasteiger partial charge in [0.25, 0.3) is 0 Å². The fourth-order valence-corrected chi connectivity index (χ4v) is 1.17. The monoisotopic (exact) mass is 192 g/mol. The molecule has 0 aliphatic rings. The van der Waals surface area contributed by atoms with Gasteiger partial charge in [0.15, 0.2) is 0 Å².